The first-order valence-electron chi connectivity index (χ1n) is 7.07. The Balaban J connectivity index is 3.08. The van der Waals surface area contributed by atoms with E-state index in [9.17, 15) is 9.59 Å². The van der Waals surface area contributed by atoms with Crippen LogP contribution in [0.2, 0.25) is 0 Å². The highest BCUT2D eigenvalue weighted by Crippen LogP contribution is 2.32. The summed E-state index contributed by atoms with van der Waals surface area (Å²) in [6.45, 7) is 5.36. The van der Waals surface area contributed by atoms with Crippen molar-refractivity contribution in [1.29, 1.82) is 0 Å². The third-order valence-electron chi connectivity index (χ3n) is 3.26. The van der Waals surface area contributed by atoms with E-state index in [1.807, 2.05) is 30.8 Å². The van der Waals surface area contributed by atoms with Crippen LogP contribution in [0.1, 0.15) is 22.2 Å². The molecule has 1 heterocycles. The van der Waals surface area contributed by atoms with E-state index in [1.54, 1.807) is 13.0 Å². The van der Waals surface area contributed by atoms with E-state index < -0.39 is 17.9 Å². The summed E-state index contributed by atoms with van der Waals surface area (Å²) >= 11 is 1.49. The Kier molecular flexibility index (Phi) is 6.83. The lowest BCUT2D eigenvalue weighted by Crippen LogP contribution is -2.37. The Morgan fingerprint density at radius 2 is 2.00 bits per heavy atom. The van der Waals surface area contributed by atoms with Gasteiger partial charge in [-0.15, -0.1) is 11.3 Å². The van der Waals surface area contributed by atoms with Crippen molar-refractivity contribution in [2.24, 2.45) is 5.92 Å². The smallest absolute Gasteiger partial charge is 0.340 e. The number of carboxylic acid groups (broad SMARTS) is 1. The number of anilines is 1. The number of methoxy groups -OCH3 is 1. The summed E-state index contributed by atoms with van der Waals surface area (Å²) < 4.78 is 4.83. The van der Waals surface area contributed by atoms with Gasteiger partial charge in [0.2, 0.25) is 0 Å². The zero-order valence-corrected chi connectivity index (χ0v) is 14.6. The first kappa shape index (κ1) is 18.4. The van der Waals surface area contributed by atoms with Gasteiger partial charge in [0.15, 0.2) is 0 Å². The minimum absolute atomic E-state index is 0.354. The molecule has 0 amide bonds. The maximum absolute atomic E-state index is 11.9. The van der Waals surface area contributed by atoms with Crippen LogP contribution in [0.15, 0.2) is 6.07 Å². The van der Waals surface area contributed by atoms with Crippen molar-refractivity contribution in [3.63, 3.8) is 0 Å². The third kappa shape index (κ3) is 4.99. The first-order valence-corrected chi connectivity index (χ1v) is 7.89. The van der Waals surface area contributed by atoms with Gasteiger partial charge in [-0.2, -0.15) is 0 Å². The van der Waals surface area contributed by atoms with Crippen molar-refractivity contribution < 1.29 is 19.4 Å². The Morgan fingerprint density at radius 1 is 1.36 bits per heavy atom. The van der Waals surface area contributed by atoms with Gasteiger partial charge in [-0.25, -0.2) is 4.79 Å². The lowest BCUT2D eigenvalue weighted by atomic mass is 10.1. The van der Waals surface area contributed by atoms with E-state index in [-0.39, 0.29) is 0 Å². The number of thiophene rings is 1. The average Bonchev–Trinajstić information content (AvgIpc) is 2.83. The van der Waals surface area contributed by atoms with Gasteiger partial charge >= 0.3 is 11.9 Å². The number of carbonyl (C=O) groups excluding carboxylic acids is 1. The minimum atomic E-state index is -0.845. The molecule has 0 fully saturated rings. The van der Waals surface area contributed by atoms with Crippen LogP contribution in [0.5, 0.6) is 0 Å². The number of hydrogen-bond donors (Lipinski definition) is 1. The summed E-state index contributed by atoms with van der Waals surface area (Å²) in [6, 6.07) is 1.79. The van der Waals surface area contributed by atoms with Crippen molar-refractivity contribution in [3.8, 4) is 0 Å². The fourth-order valence-corrected chi connectivity index (χ4v) is 3.03. The molecule has 6 nitrogen and oxygen atoms in total. The predicted octanol–water partition coefficient (Wildman–Crippen LogP) is 1.93. The first-order chi connectivity index (χ1) is 10.3. The molecule has 0 bridgehead atoms. The molecule has 1 N–H and O–H groups in total. The number of nitrogens with zero attached hydrogens (tertiary/aromatic N) is 2. The molecule has 0 radical (unpaired) electrons. The molecule has 0 aliphatic carbocycles. The summed E-state index contributed by atoms with van der Waals surface area (Å²) in [7, 11) is 5.27. The number of aliphatic carboxylic acids is 1. The van der Waals surface area contributed by atoms with Crippen LogP contribution in [0.3, 0.4) is 0 Å². The second-order valence-corrected chi connectivity index (χ2v) is 6.79. The second-order valence-electron chi connectivity index (χ2n) is 5.56. The molecule has 0 saturated carbocycles. The molecule has 1 unspecified atom stereocenters. The zero-order chi connectivity index (χ0) is 16.9. The molecule has 1 atom stereocenters. The van der Waals surface area contributed by atoms with E-state index in [0.29, 0.717) is 18.7 Å². The van der Waals surface area contributed by atoms with Crippen molar-refractivity contribution in [1.82, 2.24) is 4.90 Å². The molecular formula is C15H24N2O4S. The minimum Gasteiger partial charge on any atom is -0.481 e. The maximum atomic E-state index is 11.9. The molecule has 0 aromatic carbocycles. The number of ether oxygens (including phenoxy) is 1. The number of aryl methyl sites for hydroxylation is 1. The standard InChI is InChI=1S/C15H24N2O4S/c1-10(14(18)19)9-17(7-6-16(3)4)13-12(15(20)21-5)8-11(2)22-13/h8,10H,6-7,9H2,1-5H3,(H,18,19). The molecule has 0 spiro atoms. The number of esters is 1. The van der Waals surface area contributed by atoms with Gasteiger partial charge in [0.25, 0.3) is 0 Å². The quantitative estimate of drug-likeness (QED) is 0.735. The monoisotopic (exact) mass is 328 g/mol. The highest BCUT2D eigenvalue weighted by molar-refractivity contribution is 7.16. The molecule has 1 aromatic rings. The highest BCUT2D eigenvalue weighted by Gasteiger charge is 2.23. The van der Waals surface area contributed by atoms with E-state index in [1.165, 1.54) is 18.4 Å². The summed E-state index contributed by atoms with van der Waals surface area (Å²) in [4.78, 5) is 28.1. The molecule has 22 heavy (non-hydrogen) atoms. The SMILES string of the molecule is COC(=O)c1cc(C)sc1N(CCN(C)C)CC(C)C(=O)O. The molecule has 0 aliphatic heterocycles. The molecule has 0 saturated heterocycles. The number of carbonyl (C=O) groups is 2. The molecule has 0 aliphatic rings. The summed E-state index contributed by atoms with van der Waals surface area (Å²) in [6.07, 6.45) is 0. The maximum Gasteiger partial charge on any atom is 0.340 e. The normalized spacial score (nSPS) is 12.3. The van der Waals surface area contributed by atoms with Crippen LogP contribution in [-0.4, -0.2) is 62.8 Å². The molecule has 7 heteroatoms. The van der Waals surface area contributed by atoms with Crippen molar-refractivity contribution >= 4 is 28.3 Å². The Hall–Kier alpha value is -1.60. The third-order valence-corrected chi connectivity index (χ3v) is 4.37. The van der Waals surface area contributed by atoms with Gasteiger partial charge in [-0.1, -0.05) is 6.92 Å². The van der Waals surface area contributed by atoms with Gasteiger partial charge in [-0.05, 0) is 27.1 Å². The van der Waals surface area contributed by atoms with E-state index >= 15 is 0 Å². The van der Waals surface area contributed by atoms with Gasteiger partial charge in [0.05, 0.1) is 18.6 Å². The van der Waals surface area contributed by atoms with E-state index in [0.717, 1.165) is 16.4 Å². The van der Waals surface area contributed by atoms with Gasteiger partial charge < -0.3 is 19.6 Å². The number of carboxylic acids is 1. The van der Waals surface area contributed by atoms with Crippen LogP contribution in [0.25, 0.3) is 0 Å². The summed E-state index contributed by atoms with van der Waals surface area (Å²) in [5.41, 5.74) is 0.501. The largest absolute Gasteiger partial charge is 0.481 e. The van der Waals surface area contributed by atoms with Crippen LogP contribution in [0, 0.1) is 12.8 Å². The van der Waals surface area contributed by atoms with Gasteiger partial charge in [-0.3, -0.25) is 4.79 Å². The van der Waals surface area contributed by atoms with Crippen LogP contribution in [-0.2, 0) is 9.53 Å². The Morgan fingerprint density at radius 3 is 2.50 bits per heavy atom. The zero-order valence-electron chi connectivity index (χ0n) is 13.8. The predicted molar refractivity (Wildman–Crippen MR) is 88.0 cm³/mol. The second kappa shape index (κ2) is 8.14. The summed E-state index contributed by atoms with van der Waals surface area (Å²) in [5.74, 6) is -1.75. The van der Waals surface area contributed by atoms with Crippen molar-refractivity contribution in [2.45, 2.75) is 13.8 Å². The number of rotatable bonds is 8. The molecule has 124 valence electrons. The lowest BCUT2D eigenvalue weighted by Gasteiger charge is -2.27. The lowest BCUT2D eigenvalue weighted by molar-refractivity contribution is -0.140. The van der Waals surface area contributed by atoms with Crippen molar-refractivity contribution in [3.05, 3.63) is 16.5 Å². The van der Waals surface area contributed by atoms with Crippen LogP contribution in [0.4, 0.5) is 5.00 Å². The number of likely N-dealkylation sites (N-methyl/N-ethyl adjacent to an activating group) is 1. The van der Waals surface area contributed by atoms with Gasteiger partial charge in [0, 0.05) is 24.5 Å². The van der Waals surface area contributed by atoms with Crippen LogP contribution >= 0.6 is 11.3 Å². The van der Waals surface area contributed by atoms with E-state index in [2.05, 4.69) is 0 Å². The Labute approximate surface area is 135 Å². The molecule has 1 rings (SSSR count). The topological polar surface area (TPSA) is 70.1 Å². The molecular weight excluding hydrogens is 304 g/mol. The van der Waals surface area contributed by atoms with E-state index in [4.69, 9.17) is 9.84 Å². The average molecular weight is 328 g/mol. The van der Waals surface area contributed by atoms with Crippen LogP contribution < -0.4 is 4.90 Å². The van der Waals surface area contributed by atoms with Crippen molar-refractivity contribution in [2.75, 3.05) is 45.7 Å². The van der Waals surface area contributed by atoms with Gasteiger partial charge in [0.1, 0.15) is 5.00 Å². The fourth-order valence-electron chi connectivity index (χ4n) is 2.00. The fraction of sp³-hybridized carbons (Fsp3) is 0.600. The molecule has 1 aromatic heterocycles. The summed E-state index contributed by atoms with van der Waals surface area (Å²) in [5, 5.41) is 9.94. The highest BCUT2D eigenvalue weighted by atomic mass is 32.1. The number of hydrogen-bond acceptors (Lipinski definition) is 6. The Bertz CT molecular complexity index is 528.